The molecule has 0 spiro atoms. The molecule has 2 aromatic rings. The van der Waals surface area contributed by atoms with Crippen LogP contribution < -0.4 is 11.1 Å². The van der Waals surface area contributed by atoms with Crippen molar-refractivity contribution in [2.24, 2.45) is 5.73 Å². The van der Waals surface area contributed by atoms with E-state index >= 15 is 0 Å². The topological polar surface area (TPSA) is 72.9 Å². The van der Waals surface area contributed by atoms with Crippen molar-refractivity contribution in [3.63, 3.8) is 0 Å². The number of unbranched alkanes of at least 4 members (excludes halogenated alkanes) is 1. The van der Waals surface area contributed by atoms with Gasteiger partial charge in [0.25, 0.3) is 0 Å². The lowest BCUT2D eigenvalue weighted by Crippen LogP contribution is -2.12. The molecule has 0 bridgehead atoms. The highest BCUT2D eigenvalue weighted by Crippen LogP contribution is 2.11. The first-order valence-corrected chi connectivity index (χ1v) is 6.84. The normalized spacial score (nSPS) is 10.4. The SMILES string of the molecule is NCCCCC(=O)Nc1ccc(Cn2cccn2)cc1. The molecule has 0 saturated carbocycles. The Balaban J connectivity index is 1.83. The number of benzene rings is 1. The predicted octanol–water partition coefficient (Wildman–Crippen LogP) is 2.00. The Kier molecular flexibility index (Phi) is 5.32. The predicted molar refractivity (Wildman–Crippen MR) is 79.3 cm³/mol. The average Bonchev–Trinajstić information content (AvgIpc) is 2.94. The highest BCUT2D eigenvalue weighted by Gasteiger charge is 2.02. The van der Waals surface area contributed by atoms with Crippen LogP contribution in [0.25, 0.3) is 0 Å². The van der Waals surface area contributed by atoms with E-state index < -0.39 is 0 Å². The number of anilines is 1. The molecule has 0 saturated heterocycles. The van der Waals surface area contributed by atoms with Gasteiger partial charge in [-0.2, -0.15) is 5.10 Å². The molecule has 2 rings (SSSR count). The highest BCUT2D eigenvalue weighted by molar-refractivity contribution is 5.90. The first-order valence-electron chi connectivity index (χ1n) is 6.84. The summed E-state index contributed by atoms with van der Waals surface area (Å²) in [6.45, 7) is 1.37. The summed E-state index contributed by atoms with van der Waals surface area (Å²) >= 11 is 0. The maximum absolute atomic E-state index is 11.7. The van der Waals surface area contributed by atoms with E-state index in [0.29, 0.717) is 13.0 Å². The zero-order chi connectivity index (χ0) is 14.2. The molecular weight excluding hydrogens is 252 g/mol. The van der Waals surface area contributed by atoms with Gasteiger partial charge in [0, 0.05) is 24.5 Å². The number of hydrogen-bond donors (Lipinski definition) is 2. The highest BCUT2D eigenvalue weighted by atomic mass is 16.1. The second-order valence-electron chi connectivity index (χ2n) is 4.69. The van der Waals surface area contributed by atoms with E-state index in [-0.39, 0.29) is 5.91 Å². The maximum atomic E-state index is 11.7. The number of nitrogens with zero attached hydrogens (tertiary/aromatic N) is 2. The van der Waals surface area contributed by atoms with Gasteiger partial charge >= 0.3 is 0 Å². The van der Waals surface area contributed by atoms with Gasteiger partial charge in [0.2, 0.25) is 5.91 Å². The fourth-order valence-electron chi connectivity index (χ4n) is 1.93. The molecule has 1 aromatic carbocycles. The van der Waals surface area contributed by atoms with E-state index in [4.69, 9.17) is 5.73 Å². The van der Waals surface area contributed by atoms with Gasteiger partial charge in [0.1, 0.15) is 0 Å². The monoisotopic (exact) mass is 272 g/mol. The summed E-state index contributed by atoms with van der Waals surface area (Å²) in [5, 5.41) is 7.05. The minimum atomic E-state index is 0.0401. The van der Waals surface area contributed by atoms with Crippen LogP contribution in [0.1, 0.15) is 24.8 Å². The van der Waals surface area contributed by atoms with Crippen LogP contribution in [0.4, 0.5) is 5.69 Å². The third-order valence-electron chi connectivity index (χ3n) is 3.00. The number of carbonyl (C=O) groups is 1. The molecule has 5 nitrogen and oxygen atoms in total. The molecule has 0 aliphatic heterocycles. The first-order chi connectivity index (χ1) is 9.78. The molecule has 0 atom stereocenters. The molecule has 3 N–H and O–H groups in total. The van der Waals surface area contributed by atoms with Crippen LogP contribution in [0.3, 0.4) is 0 Å². The van der Waals surface area contributed by atoms with Crippen molar-refractivity contribution in [1.29, 1.82) is 0 Å². The molecule has 1 aromatic heterocycles. The van der Waals surface area contributed by atoms with Gasteiger partial charge in [-0.3, -0.25) is 9.48 Å². The first kappa shape index (κ1) is 14.3. The number of carbonyl (C=O) groups excluding carboxylic acids is 1. The van der Waals surface area contributed by atoms with Gasteiger partial charge in [0.05, 0.1) is 6.54 Å². The van der Waals surface area contributed by atoms with E-state index in [2.05, 4.69) is 10.4 Å². The molecule has 0 aliphatic rings. The van der Waals surface area contributed by atoms with Crippen molar-refractivity contribution in [2.75, 3.05) is 11.9 Å². The summed E-state index contributed by atoms with van der Waals surface area (Å²) in [5.41, 5.74) is 7.37. The van der Waals surface area contributed by atoms with Crippen molar-refractivity contribution in [1.82, 2.24) is 9.78 Å². The minimum Gasteiger partial charge on any atom is -0.330 e. The summed E-state index contributed by atoms with van der Waals surface area (Å²) in [6, 6.07) is 9.73. The van der Waals surface area contributed by atoms with E-state index in [9.17, 15) is 4.79 Å². The van der Waals surface area contributed by atoms with E-state index in [0.717, 1.165) is 30.6 Å². The van der Waals surface area contributed by atoms with Gasteiger partial charge in [0.15, 0.2) is 0 Å². The minimum absolute atomic E-state index is 0.0401. The lowest BCUT2D eigenvalue weighted by atomic mass is 10.2. The Labute approximate surface area is 118 Å². The van der Waals surface area contributed by atoms with Crippen LogP contribution in [-0.4, -0.2) is 22.2 Å². The van der Waals surface area contributed by atoms with Crippen LogP contribution >= 0.6 is 0 Å². The Morgan fingerprint density at radius 2 is 2.05 bits per heavy atom. The Hall–Kier alpha value is -2.14. The summed E-state index contributed by atoms with van der Waals surface area (Å²) in [5.74, 6) is 0.0401. The summed E-state index contributed by atoms with van der Waals surface area (Å²) in [4.78, 5) is 11.7. The fraction of sp³-hybridized carbons (Fsp3) is 0.333. The third kappa shape index (κ3) is 4.51. The van der Waals surface area contributed by atoms with Crippen LogP contribution in [0.2, 0.25) is 0 Å². The van der Waals surface area contributed by atoms with Crippen LogP contribution in [0.15, 0.2) is 42.7 Å². The Morgan fingerprint density at radius 1 is 1.25 bits per heavy atom. The van der Waals surface area contributed by atoms with Crippen LogP contribution in [-0.2, 0) is 11.3 Å². The summed E-state index contributed by atoms with van der Waals surface area (Å²) in [6.07, 6.45) is 5.92. The van der Waals surface area contributed by atoms with Crippen molar-refractivity contribution in [2.45, 2.75) is 25.8 Å². The smallest absolute Gasteiger partial charge is 0.224 e. The number of nitrogens with two attached hydrogens (primary N) is 1. The van der Waals surface area contributed by atoms with Gasteiger partial charge in [-0.05, 0) is 43.1 Å². The van der Waals surface area contributed by atoms with Gasteiger partial charge in [-0.25, -0.2) is 0 Å². The van der Waals surface area contributed by atoms with Crippen molar-refractivity contribution < 1.29 is 4.79 Å². The van der Waals surface area contributed by atoms with Crippen LogP contribution in [0.5, 0.6) is 0 Å². The van der Waals surface area contributed by atoms with Crippen LogP contribution in [0, 0.1) is 0 Å². The molecule has 20 heavy (non-hydrogen) atoms. The summed E-state index contributed by atoms with van der Waals surface area (Å²) in [7, 11) is 0. The Morgan fingerprint density at radius 3 is 2.70 bits per heavy atom. The number of nitrogens with one attached hydrogen (secondary N) is 1. The quantitative estimate of drug-likeness (QED) is 0.757. The number of rotatable bonds is 7. The average molecular weight is 272 g/mol. The number of amides is 1. The number of aromatic nitrogens is 2. The van der Waals surface area contributed by atoms with Crippen molar-refractivity contribution in [3.05, 3.63) is 48.3 Å². The Bertz CT molecular complexity index is 519. The second kappa shape index (κ2) is 7.45. The summed E-state index contributed by atoms with van der Waals surface area (Å²) < 4.78 is 1.86. The van der Waals surface area contributed by atoms with E-state index in [1.54, 1.807) is 6.20 Å². The van der Waals surface area contributed by atoms with Gasteiger partial charge < -0.3 is 11.1 Å². The third-order valence-corrected chi connectivity index (χ3v) is 3.00. The molecule has 1 heterocycles. The number of hydrogen-bond acceptors (Lipinski definition) is 3. The molecule has 5 heteroatoms. The molecule has 0 unspecified atom stereocenters. The lowest BCUT2D eigenvalue weighted by molar-refractivity contribution is -0.116. The van der Waals surface area contributed by atoms with Crippen molar-refractivity contribution in [3.8, 4) is 0 Å². The fourth-order valence-corrected chi connectivity index (χ4v) is 1.93. The largest absolute Gasteiger partial charge is 0.330 e. The lowest BCUT2D eigenvalue weighted by Gasteiger charge is -2.07. The molecule has 0 radical (unpaired) electrons. The van der Waals surface area contributed by atoms with Crippen molar-refractivity contribution >= 4 is 11.6 Å². The van der Waals surface area contributed by atoms with E-state index in [1.807, 2.05) is 41.2 Å². The van der Waals surface area contributed by atoms with E-state index in [1.165, 1.54) is 0 Å². The molecule has 0 aliphatic carbocycles. The van der Waals surface area contributed by atoms with Gasteiger partial charge in [-0.15, -0.1) is 0 Å². The molecule has 1 amide bonds. The standard InChI is InChI=1S/C15H20N4O/c16-9-2-1-4-15(20)18-14-7-5-13(6-8-14)12-19-11-3-10-17-19/h3,5-8,10-11H,1-2,4,9,12,16H2,(H,18,20). The molecular formula is C15H20N4O. The second-order valence-corrected chi connectivity index (χ2v) is 4.69. The molecule has 0 fully saturated rings. The van der Waals surface area contributed by atoms with Gasteiger partial charge in [-0.1, -0.05) is 12.1 Å². The zero-order valence-corrected chi connectivity index (χ0v) is 11.5. The zero-order valence-electron chi connectivity index (χ0n) is 11.5. The maximum Gasteiger partial charge on any atom is 0.224 e. The molecule has 106 valence electrons.